The van der Waals surface area contributed by atoms with Gasteiger partial charge in [0.1, 0.15) is 5.82 Å². The number of rotatable bonds is 5. The molecule has 0 heterocycles. The van der Waals surface area contributed by atoms with Gasteiger partial charge >= 0.3 is 0 Å². The molecule has 0 aliphatic heterocycles. The second-order valence-electron chi connectivity index (χ2n) is 3.88. The molecule has 1 unspecified atom stereocenters. The Morgan fingerprint density at radius 1 is 1.50 bits per heavy atom. The van der Waals surface area contributed by atoms with Crippen molar-refractivity contribution in [3.63, 3.8) is 0 Å². The van der Waals surface area contributed by atoms with Crippen LogP contribution in [0.5, 0.6) is 0 Å². The molecule has 0 aliphatic rings. The number of sulfone groups is 1. The van der Waals surface area contributed by atoms with Gasteiger partial charge in [-0.05, 0) is 19.1 Å². The second-order valence-corrected chi connectivity index (χ2v) is 6.30. The van der Waals surface area contributed by atoms with E-state index < -0.39 is 37.3 Å². The van der Waals surface area contributed by atoms with E-state index in [9.17, 15) is 22.9 Å². The average Bonchev–Trinajstić information content (AvgIpc) is 2.26. The summed E-state index contributed by atoms with van der Waals surface area (Å²) >= 11 is 0. The molecule has 6 nitrogen and oxygen atoms in total. The lowest BCUT2D eigenvalue weighted by Gasteiger charge is -2.10. The molecule has 1 aromatic carbocycles. The van der Waals surface area contributed by atoms with Gasteiger partial charge < -0.3 is 5.73 Å². The maximum absolute atomic E-state index is 13.0. The minimum Gasteiger partial charge on any atom is -0.329 e. The summed E-state index contributed by atoms with van der Waals surface area (Å²) in [5.74, 6) is -1.31. The molecule has 8 heteroatoms. The molecule has 0 saturated heterocycles. The van der Waals surface area contributed by atoms with Crippen molar-refractivity contribution in [3.8, 4) is 0 Å². The van der Waals surface area contributed by atoms with E-state index in [1.807, 2.05) is 0 Å². The molecule has 18 heavy (non-hydrogen) atoms. The van der Waals surface area contributed by atoms with Gasteiger partial charge in [0.25, 0.3) is 5.69 Å². The van der Waals surface area contributed by atoms with Crippen LogP contribution in [0.1, 0.15) is 12.5 Å². The lowest BCUT2D eigenvalue weighted by molar-refractivity contribution is -0.385. The van der Waals surface area contributed by atoms with E-state index in [2.05, 4.69) is 0 Å². The van der Waals surface area contributed by atoms with Crippen LogP contribution in [0.2, 0.25) is 0 Å². The third-order valence-electron chi connectivity index (χ3n) is 2.54. The molecule has 1 atom stereocenters. The third-order valence-corrected chi connectivity index (χ3v) is 4.67. The number of halogens is 1. The highest BCUT2D eigenvalue weighted by atomic mass is 32.2. The van der Waals surface area contributed by atoms with Crippen LogP contribution in [-0.2, 0) is 15.6 Å². The van der Waals surface area contributed by atoms with Gasteiger partial charge in [-0.1, -0.05) is 0 Å². The van der Waals surface area contributed by atoms with Gasteiger partial charge in [0.2, 0.25) is 0 Å². The van der Waals surface area contributed by atoms with Gasteiger partial charge in [0, 0.05) is 18.2 Å². The zero-order chi connectivity index (χ0) is 13.9. The lowest BCUT2D eigenvalue weighted by atomic mass is 10.2. The molecule has 0 radical (unpaired) electrons. The fourth-order valence-electron chi connectivity index (χ4n) is 1.35. The van der Waals surface area contributed by atoms with Gasteiger partial charge in [-0.3, -0.25) is 10.1 Å². The van der Waals surface area contributed by atoms with Crippen LogP contribution >= 0.6 is 0 Å². The molecule has 0 amide bonds. The molecule has 0 bridgehead atoms. The Morgan fingerprint density at radius 3 is 2.61 bits per heavy atom. The molecule has 0 fully saturated rings. The zero-order valence-corrected chi connectivity index (χ0v) is 10.5. The van der Waals surface area contributed by atoms with Crippen LogP contribution in [0.4, 0.5) is 10.1 Å². The van der Waals surface area contributed by atoms with Crippen molar-refractivity contribution < 1.29 is 17.7 Å². The first-order chi connectivity index (χ1) is 8.27. The summed E-state index contributed by atoms with van der Waals surface area (Å²) in [6, 6.07) is 2.73. The third kappa shape index (κ3) is 3.23. The number of hydrogen-bond donors (Lipinski definition) is 1. The number of nitrogens with two attached hydrogens (primary N) is 1. The smallest absolute Gasteiger partial charge is 0.273 e. The Kier molecular flexibility index (Phi) is 4.36. The summed E-state index contributed by atoms with van der Waals surface area (Å²) in [6.45, 7) is 1.31. The summed E-state index contributed by atoms with van der Waals surface area (Å²) in [5.41, 5.74) is 4.67. The molecule has 0 aliphatic carbocycles. The highest BCUT2D eigenvalue weighted by Crippen LogP contribution is 2.23. The minimum atomic E-state index is -3.63. The monoisotopic (exact) mass is 276 g/mol. The van der Waals surface area contributed by atoms with Crippen molar-refractivity contribution in [1.82, 2.24) is 0 Å². The van der Waals surface area contributed by atoms with Crippen molar-refractivity contribution in [3.05, 3.63) is 39.7 Å². The van der Waals surface area contributed by atoms with E-state index in [1.165, 1.54) is 6.92 Å². The Balaban J connectivity index is 3.18. The highest BCUT2D eigenvalue weighted by Gasteiger charge is 2.25. The Morgan fingerprint density at radius 2 is 2.11 bits per heavy atom. The first-order valence-corrected chi connectivity index (χ1v) is 6.84. The number of nitro groups is 1. The van der Waals surface area contributed by atoms with E-state index in [-0.39, 0.29) is 12.1 Å². The first-order valence-electron chi connectivity index (χ1n) is 5.12. The van der Waals surface area contributed by atoms with E-state index in [0.29, 0.717) is 0 Å². The van der Waals surface area contributed by atoms with Crippen molar-refractivity contribution in [2.45, 2.75) is 17.9 Å². The van der Waals surface area contributed by atoms with Crippen LogP contribution in [0.15, 0.2) is 18.2 Å². The van der Waals surface area contributed by atoms with Gasteiger partial charge in [-0.15, -0.1) is 0 Å². The maximum atomic E-state index is 13.0. The lowest BCUT2D eigenvalue weighted by Crippen LogP contribution is -2.28. The van der Waals surface area contributed by atoms with Crippen molar-refractivity contribution >= 4 is 15.5 Å². The predicted octanol–water partition coefficient (Wildman–Crippen LogP) is 0.996. The Hall–Kier alpha value is -1.54. The fourth-order valence-corrected chi connectivity index (χ4v) is 2.60. The summed E-state index contributed by atoms with van der Waals surface area (Å²) in [6.07, 6.45) is 0. The summed E-state index contributed by atoms with van der Waals surface area (Å²) in [5, 5.41) is 9.89. The van der Waals surface area contributed by atoms with Gasteiger partial charge in [0.05, 0.1) is 15.9 Å². The second kappa shape index (κ2) is 5.40. The first kappa shape index (κ1) is 14.5. The summed E-state index contributed by atoms with van der Waals surface area (Å²) in [4.78, 5) is 9.98. The molecule has 0 spiro atoms. The topological polar surface area (TPSA) is 103 Å². The maximum Gasteiger partial charge on any atom is 0.273 e. The van der Waals surface area contributed by atoms with Crippen LogP contribution in [-0.4, -0.2) is 25.1 Å². The normalized spacial score (nSPS) is 13.3. The van der Waals surface area contributed by atoms with Crippen molar-refractivity contribution in [1.29, 1.82) is 0 Å². The molecule has 0 saturated carbocycles. The Labute approximate surface area is 104 Å². The van der Waals surface area contributed by atoms with E-state index in [4.69, 9.17) is 5.73 Å². The van der Waals surface area contributed by atoms with Crippen molar-refractivity contribution in [2.75, 3.05) is 6.54 Å². The SMILES string of the molecule is CC(CN)S(=O)(=O)Cc1cc(F)ccc1[N+](=O)[O-]. The Bertz CT molecular complexity index is 559. The van der Waals surface area contributed by atoms with E-state index >= 15 is 0 Å². The quantitative estimate of drug-likeness (QED) is 0.638. The fraction of sp³-hybridized carbons (Fsp3) is 0.400. The molecule has 2 N–H and O–H groups in total. The molecule has 100 valence electrons. The van der Waals surface area contributed by atoms with Gasteiger partial charge in [-0.2, -0.15) is 0 Å². The molecular weight excluding hydrogens is 263 g/mol. The van der Waals surface area contributed by atoms with Crippen LogP contribution in [0.25, 0.3) is 0 Å². The number of hydrogen-bond acceptors (Lipinski definition) is 5. The summed E-state index contributed by atoms with van der Waals surface area (Å²) < 4.78 is 36.6. The van der Waals surface area contributed by atoms with Crippen LogP contribution in [0.3, 0.4) is 0 Å². The molecule has 1 rings (SSSR count). The minimum absolute atomic E-state index is 0.0918. The predicted molar refractivity (Wildman–Crippen MR) is 64.2 cm³/mol. The van der Waals surface area contributed by atoms with E-state index in [1.54, 1.807) is 0 Å². The standard InChI is InChI=1S/C10H13FN2O4S/c1-7(5-12)18(16,17)6-8-4-9(11)2-3-10(8)13(14)15/h2-4,7H,5-6,12H2,1H3. The summed E-state index contributed by atoms with van der Waals surface area (Å²) in [7, 11) is -3.63. The van der Waals surface area contributed by atoms with Gasteiger partial charge in [0.15, 0.2) is 9.84 Å². The number of benzene rings is 1. The highest BCUT2D eigenvalue weighted by molar-refractivity contribution is 7.91. The average molecular weight is 276 g/mol. The number of nitro benzene ring substituents is 1. The molecule has 0 aromatic heterocycles. The van der Waals surface area contributed by atoms with Crippen LogP contribution < -0.4 is 5.73 Å². The molecular formula is C10H13FN2O4S. The number of nitrogens with zero attached hydrogens (tertiary/aromatic N) is 1. The zero-order valence-electron chi connectivity index (χ0n) is 9.67. The van der Waals surface area contributed by atoms with E-state index in [0.717, 1.165) is 18.2 Å². The van der Waals surface area contributed by atoms with Crippen molar-refractivity contribution in [2.24, 2.45) is 5.73 Å². The largest absolute Gasteiger partial charge is 0.329 e. The van der Waals surface area contributed by atoms with Crippen LogP contribution in [0, 0.1) is 15.9 Å². The van der Waals surface area contributed by atoms with Gasteiger partial charge in [-0.25, -0.2) is 12.8 Å². The molecule has 1 aromatic rings.